The Bertz CT molecular complexity index is 382. The fourth-order valence-electron chi connectivity index (χ4n) is 2.51. The number of nitrogens with one attached hydrogen (secondary N) is 1. The minimum Gasteiger partial charge on any atom is -0.382 e. The molecule has 5 heteroatoms. The van der Waals surface area contributed by atoms with Gasteiger partial charge >= 0.3 is 0 Å². The van der Waals surface area contributed by atoms with Gasteiger partial charge in [-0.1, -0.05) is 0 Å². The molecule has 0 saturated heterocycles. The molecular weight excluding hydrogens is 260 g/mol. The third-order valence-electron chi connectivity index (χ3n) is 3.46. The van der Waals surface area contributed by atoms with Crippen LogP contribution in [-0.4, -0.2) is 45.5 Å². The Labute approximate surface area is 119 Å². The van der Waals surface area contributed by atoms with Crippen LogP contribution in [0.2, 0.25) is 0 Å². The smallest absolute Gasteiger partial charge is 0.0954 e. The molecule has 1 heterocycles. The first-order valence-electron chi connectivity index (χ1n) is 7.05. The minimum absolute atomic E-state index is 0.605. The number of nitrogens with zero attached hydrogens (tertiary/aromatic N) is 1. The van der Waals surface area contributed by atoms with Crippen LogP contribution in [0.4, 0.5) is 0 Å². The molecule has 0 aromatic carbocycles. The number of thiazole rings is 1. The van der Waals surface area contributed by atoms with Crippen LogP contribution in [0.5, 0.6) is 0 Å². The first kappa shape index (κ1) is 14.9. The standard InChI is InChI=1S/C14H24N2O2S/c1-15-10-11-4-3-5-12-14(11)16-13(19-12)6-7-18-9-8-17-2/h11,15H,3-10H2,1-2H3. The van der Waals surface area contributed by atoms with Crippen LogP contribution in [0.25, 0.3) is 0 Å². The van der Waals surface area contributed by atoms with E-state index in [0.717, 1.165) is 19.6 Å². The number of fused-ring (bicyclic) bond motifs is 1. The second kappa shape index (κ2) is 7.94. The molecule has 0 saturated carbocycles. The lowest BCUT2D eigenvalue weighted by atomic mass is 9.91. The Balaban J connectivity index is 1.86. The molecule has 1 aromatic heterocycles. The molecule has 1 unspecified atom stereocenters. The molecule has 19 heavy (non-hydrogen) atoms. The summed E-state index contributed by atoms with van der Waals surface area (Å²) in [5.41, 5.74) is 1.34. The van der Waals surface area contributed by atoms with Crippen LogP contribution in [-0.2, 0) is 22.3 Å². The third kappa shape index (κ3) is 4.24. The summed E-state index contributed by atoms with van der Waals surface area (Å²) in [4.78, 5) is 6.33. The number of ether oxygens (including phenoxy) is 2. The second-order valence-corrected chi connectivity index (χ2v) is 6.09. The van der Waals surface area contributed by atoms with Gasteiger partial charge in [-0.2, -0.15) is 0 Å². The van der Waals surface area contributed by atoms with Gasteiger partial charge in [0.25, 0.3) is 0 Å². The zero-order valence-electron chi connectivity index (χ0n) is 11.9. The maximum Gasteiger partial charge on any atom is 0.0954 e. The Morgan fingerprint density at radius 1 is 1.37 bits per heavy atom. The molecule has 0 bridgehead atoms. The summed E-state index contributed by atoms with van der Waals surface area (Å²) < 4.78 is 10.5. The number of methoxy groups -OCH3 is 1. The third-order valence-corrected chi connectivity index (χ3v) is 4.65. The van der Waals surface area contributed by atoms with Crippen molar-refractivity contribution in [3.05, 3.63) is 15.6 Å². The zero-order chi connectivity index (χ0) is 13.5. The van der Waals surface area contributed by atoms with Gasteiger partial charge in [0.15, 0.2) is 0 Å². The van der Waals surface area contributed by atoms with Gasteiger partial charge in [0.05, 0.1) is 30.5 Å². The number of hydrogen-bond acceptors (Lipinski definition) is 5. The van der Waals surface area contributed by atoms with Crippen LogP contribution in [0.3, 0.4) is 0 Å². The predicted octanol–water partition coefficient (Wildman–Crippen LogP) is 1.99. The van der Waals surface area contributed by atoms with Crippen molar-refractivity contribution in [1.82, 2.24) is 10.3 Å². The number of likely N-dealkylation sites (N-methyl/N-ethyl adjacent to an activating group) is 1. The van der Waals surface area contributed by atoms with Crippen molar-refractivity contribution in [2.24, 2.45) is 0 Å². The zero-order valence-corrected chi connectivity index (χ0v) is 12.7. The van der Waals surface area contributed by atoms with Crippen LogP contribution >= 0.6 is 11.3 Å². The Kier molecular flexibility index (Phi) is 6.23. The molecule has 1 aliphatic carbocycles. The minimum atomic E-state index is 0.605. The molecule has 1 aromatic rings. The van der Waals surface area contributed by atoms with Crippen molar-refractivity contribution in [2.75, 3.05) is 40.5 Å². The average molecular weight is 284 g/mol. The summed E-state index contributed by atoms with van der Waals surface area (Å²) in [5, 5.41) is 4.51. The number of rotatable bonds is 8. The van der Waals surface area contributed by atoms with Crippen LogP contribution in [0, 0.1) is 0 Å². The van der Waals surface area contributed by atoms with Gasteiger partial charge in [0.2, 0.25) is 0 Å². The molecule has 108 valence electrons. The molecule has 0 amide bonds. The van der Waals surface area contributed by atoms with Crippen molar-refractivity contribution < 1.29 is 9.47 Å². The van der Waals surface area contributed by atoms with E-state index in [9.17, 15) is 0 Å². The molecule has 0 radical (unpaired) electrons. The Hall–Kier alpha value is -0.490. The molecule has 0 spiro atoms. The molecular formula is C14H24N2O2S. The highest BCUT2D eigenvalue weighted by Gasteiger charge is 2.23. The van der Waals surface area contributed by atoms with E-state index >= 15 is 0 Å². The van der Waals surface area contributed by atoms with E-state index in [2.05, 4.69) is 5.32 Å². The van der Waals surface area contributed by atoms with E-state index in [4.69, 9.17) is 14.5 Å². The summed E-state index contributed by atoms with van der Waals surface area (Å²) in [5.74, 6) is 0.605. The van der Waals surface area contributed by atoms with Gasteiger partial charge in [0, 0.05) is 30.9 Å². The van der Waals surface area contributed by atoms with Gasteiger partial charge in [-0.05, 0) is 26.3 Å². The van der Waals surface area contributed by atoms with E-state index in [1.807, 2.05) is 18.4 Å². The normalized spacial score (nSPS) is 18.5. The topological polar surface area (TPSA) is 43.4 Å². The Morgan fingerprint density at radius 3 is 3.05 bits per heavy atom. The lowest BCUT2D eigenvalue weighted by molar-refractivity contribution is 0.0722. The van der Waals surface area contributed by atoms with Crippen molar-refractivity contribution in [3.63, 3.8) is 0 Å². The van der Waals surface area contributed by atoms with Crippen molar-refractivity contribution in [1.29, 1.82) is 0 Å². The monoisotopic (exact) mass is 284 g/mol. The quantitative estimate of drug-likeness (QED) is 0.741. The van der Waals surface area contributed by atoms with Crippen molar-refractivity contribution in [3.8, 4) is 0 Å². The summed E-state index contributed by atoms with van der Waals surface area (Å²) in [7, 11) is 3.71. The van der Waals surface area contributed by atoms with E-state index in [0.29, 0.717) is 19.1 Å². The summed E-state index contributed by atoms with van der Waals surface area (Å²) >= 11 is 1.88. The lowest BCUT2D eigenvalue weighted by Crippen LogP contribution is -2.21. The molecule has 1 aliphatic rings. The van der Waals surface area contributed by atoms with E-state index in [1.165, 1.54) is 34.8 Å². The van der Waals surface area contributed by atoms with Crippen molar-refractivity contribution in [2.45, 2.75) is 31.6 Å². The van der Waals surface area contributed by atoms with Crippen LogP contribution in [0.1, 0.15) is 34.3 Å². The van der Waals surface area contributed by atoms with Gasteiger partial charge in [-0.25, -0.2) is 4.98 Å². The molecule has 1 atom stereocenters. The van der Waals surface area contributed by atoms with Gasteiger partial charge in [-0.15, -0.1) is 11.3 Å². The van der Waals surface area contributed by atoms with Crippen molar-refractivity contribution >= 4 is 11.3 Å². The largest absolute Gasteiger partial charge is 0.382 e. The SMILES string of the molecule is CNCC1CCCc2sc(CCOCCOC)nc21. The van der Waals surface area contributed by atoms with Crippen LogP contribution in [0.15, 0.2) is 0 Å². The number of aromatic nitrogens is 1. The molecule has 1 N–H and O–H groups in total. The number of aryl methyl sites for hydroxylation is 1. The molecule has 0 fully saturated rings. The lowest BCUT2D eigenvalue weighted by Gasteiger charge is -2.20. The summed E-state index contributed by atoms with van der Waals surface area (Å²) in [6.07, 6.45) is 4.69. The predicted molar refractivity (Wildman–Crippen MR) is 78.1 cm³/mol. The first-order chi connectivity index (χ1) is 9.35. The molecule has 4 nitrogen and oxygen atoms in total. The first-order valence-corrected chi connectivity index (χ1v) is 7.86. The maximum absolute atomic E-state index is 5.51. The average Bonchev–Trinajstić information content (AvgIpc) is 2.83. The highest BCUT2D eigenvalue weighted by atomic mass is 32.1. The van der Waals surface area contributed by atoms with Gasteiger partial charge in [0.1, 0.15) is 0 Å². The second-order valence-electron chi connectivity index (χ2n) is 4.92. The van der Waals surface area contributed by atoms with Gasteiger partial charge in [-0.3, -0.25) is 0 Å². The Morgan fingerprint density at radius 2 is 2.26 bits per heavy atom. The number of hydrogen-bond donors (Lipinski definition) is 1. The summed E-state index contributed by atoms with van der Waals surface area (Å²) in [6.45, 7) is 3.12. The fraction of sp³-hybridized carbons (Fsp3) is 0.786. The molecule has 2 rings (SSSR count). The van der Waals surface area contributed by atoms with Gasteiger partial charge < -0.3 is 14.8 Å². The van der Waals surface area contributed by atoms with E-state index < -0.39 is 0 Å². The van der Waals surface area contributed by atoms with E-state index in [-0.39, 0.29) is 0 Å². The maximum atomic E-state index is 5.51. The fourth-order valence-corrected chi connectivity index (χ4v) is 3.69. The molecule has 0 aliphatic heterocycles. The van der Waals surface area contributed by atoms with Crippen LogP contribution < -0.4 is 5.32 Å². The van der Waals surface area contributed by atoms with E-state index in [1.54, 1.807) is 7.11 Å². The highest BCUT2D eigenvalue weighted by Crippen LogP contribution is 2.34. The summed E-state index contributed by atoms with van der Waals surface area (Å²) in [6, 6.07) is 0. The highest BCUT2D eigenvalue weighted by molar-refractivity contribution is 7.11.